The second-order valence-electron chi connectivity index (χ2n) is 9.14. The maximum atomic E-state index is 13.4. The van der Waals surface area contributed by atoms with E-state index in [0.717, 1.165) is 67.5 Å². The van der Waals surface area contributed by atoms with Gasteiger partial charge in [0.05, 0.1) is 5.69 Å². The van der Waals surface area contributed by atoms with Crippen LogP contribution in [0.5, 0.6) is 0 Å². The van der Waals surface area contributed by atoms with Gasteiger partial charge >= 0.3 is 11.9 Å². The van der Waals surface area contributed by atoms with Crippen LogP contribution in [-0.4, -0.2) is 56.9 Å². The molecule has 37 heavy (non-hydrogen) atoms. The topological polar surface area (TPSA) is 99.3 Å². The van der Waals surface area contributed by atoms with Crippen LogP contribution >= 0.6 is 0 Å². The highest BCUT2D eigenvalue weighted by molar-refractivity contribution is 6.27. The summed E-state index contributed by atoms with van der Waals surface area (Å²) in [4.78, 5) is 34.2. The highest BCUT2D eigenvalue weighted by atomic mass is 16.4. The predicted octanol–water partition coefficient (Wildman–Crippen LogP) is 5.72. The maximum Gasteiger partial charge on any atom is 0.414 e. The fourth-order valence-electron chi connectivity index (χ4n) is 4.27. The van der Waals surface area contributed by atoms with E-state index >= 15 is 0 Å². The number of carboxylic acid groups (broad SMARTS) is 2. The summed E-state index contributed by atoms with van der Waals surface area (Å²) in [7, 11) is 0. The second kappa shape index (κ2) is 15.6. The Morgan fingerprint density at radius 3 is 2.05 bits per heavy atom. The van der Waals surface area contributed by atoms with Gasteiger partial charge in [0.2, 0.25) is 5.78 Å². The fourth-order valence-corrected chi connectivity index (χ4v) is 4.27. The number of aryl methyl sites for hydroxylation is 2. The number of carbonyl (C=O) groups is 3. The van der Waals surface area contributed by atoms with Crippen molar-refractivity contribution in [3.05, 3.63) is 77.1 Å². The number of aliphatic carboxylic acids is 2. The largest absolute Gasteiger partial charge is 0.473 e. The van der Waals surface area contributed by atoms with Gasteiger partial charge in [0.15, 0.2) is 0 Å². The summed E-state index contributed by atoms with van der Waals surface area (Å²) in [5.74, 6) is -3.52. The number of benzene rings is 1. The highest BCUT2D eigenvalue weighted by Gasteiger charge is 2.18. The van der Waals surface area contributed by atoms with E-state index in [2.05, 4.69) is 54.3 Å². The Hall–Kier alpha value is -3.45. The number of hydrogen-bond acceptors (Lipinski definition) is 4. The number of pyridine rings is 1. The minimum absolute atomic E-state index is 0.126. The van der Waals surface area contributed by atoms with Crippen molar-refractivity contribution in [3.63, 3.8) is 0 Å². The Labute approximate surface area is 219 Å². The zero-order valence-corrected chi connectivity index (χ0v) is 22.3. The smallest absolute Gasteiger partial charge is 0.414 e. The summed E-state index contributed by atoms with van der Waals surface area (Å²) in [5.41, 5.74) is 5.18. The number of carbonyl (C=O) groups excluding carboxylic acids is 1. The van der Waals surface area contributed by atoms with Crippen LogP contribution in [0.25, 0.3) is 5.52 Å². The Balaban J connectivity index is 0.000000717. The molecule has 0 saturated heterocycles. The summed E-state index contributed by atoms with van der Waals surface area (Å²) in [5, 5.41) is 14.8. The molecule has 0 saturated carbocycles. The van der Waals surface area contributed by atoms with Gasteiger partial charge in [-0.05, 0) is 81.1 Å². The van der Waals surface area contributed by atoms with Gasteiger partial charge in [-0.2, -0.15) is 0 Å². The first-order chi connectivity index (χ1) is 17.8. The van der Waals surface area contributed by atoms with Crippen LogP contribution in [0.2, 0.25) is 0 Å². The molecule has 2 aromatic heterocycles. The molecule has 3 rings (SSSR count). The molecular weight excluding hydrogens is 468 g/mol. The van der Waals surface area contributed by atoms with Gasteiger partial charge < -0.3 is 19.5 Å². The molecule has 0 aliphatic heterocycles. The van der Waals surface area contributed by atoms with E-state index < -0.39 is 11.9 Å². The average molecular weight is 509 g/mol. The van der Waals surface area contributed by atoms with Gasteiger partial charge in [0.1, 0.15) is 0 Å². The standard InChI is InChI=1S/C28H38N2O.C2H2O4/c1-4-7-13-25-22-26-14-9-10-21-30(26)27(25)28(31)24-17-15-23(16-18-24)12-11-20-29(6-3)19-8-5-2;3-1(4)2(5)6/h9-10,14-18,21-22H,4-8,11-13,19-20H2,1-3H3;(H,3,4)(H,5,6). The van der Waals surface area contributed by atoms with E-state index in [1.165, 1.54) is 24.9 Å². The number of ketones is 1. The highest BCUT2D eigenvalue weighted by Crippen LogP contribution is 2.22. The van der Waals surface area contributed by atoms with Crippen molar-refractivity contribution >= 4 is 23.2 Å². The lowest BCUT2D eigenvalue weighted by Crippen LogP contribution is -2.25. The lowest BCUT2D eigenvalue weighted by Gasteiger charge is -2.19. The van der Waals surface area contributed by atoms with Crippen LogP contribution in [0.1, 0.15) is 80.1 Å². The number of unbranched alkanes of at least 4 members (excludes halogenated alkanes) is 2. The summed E-state index contributed by atoms with van der Waals surface area (Å²) in [6, 6.07) is 16.6. The van der Waals surface area contributed by atoms with E-state index in [-0.39, 0.29) is 5.78 Å². The number of hydrogen-bond donors (Lipinski definition) is 2. The molecule has 200 valence electrons. The maximum absolute atomic E-state index is 13.4. The lowest BCUT2D eigenvalue weighted by molar-refractivity contribution is -0.159. The van der Waals surface area contributed by atoms with Crippen molar-refractivity contribution in [2.45, 2.75) is 65.7 Å². The average Bonchev–Trinajstić information content (AvgIpc) is 3.28. The van der Waals surface area contributed by atoms with Crippen LogP contribution in [0, 0.1) is 0 Å². The molecular formula is C30H40N2O5. The Morgan fingerprint density at radius 2 is 1.46 bits per heavy atom. The Morgan fingerprint density at radius 1 is 0.811 bits per heavy atom. The number of carboxylic acids is 2. The normalized spacial score (nSPS) is 10.8. The molecule has 0 radical (unpaired) electrons. The SMILES string of the molecule is CCCCc1cc2ccccn2c1C(=O)c1ccc(CCCN(CC)CCCC)cc1.O=C(O)C(=O)O. The Kier molecular flexibility index (Phi) is 12.6. The van der Waals surface area contributed by atoms with E-state index in [4.69, 9.17) is 19.8 Å². The fraction of sp³-hybridized carbons (Fsp3) is 0.433. The minimum Gasteiger partial charge on any atom is -0.473 e. The van der Waals surface area contributed by atoms with Crippen LogP contribution in [-0.2, 0) is 22.4 Å². The van der Waals surface area contributed by atoms with Crippen molar-refractivity contribution in [1.29, 1.82) is 0 Å². The first-order valence-electron chi connectivity index (χ1n) is 13.2. The van der Waals surface area contributed by atoms with Crippen molar-refractivity contribution in [1.82, 2.24) is 9.30 Å². The minimum atomic E-state index is -1.82. The summed E-state index contributed by atoms with van der Waals surface area (Å²) < 4.78 is 2.05. The number of nitrogens with zero attached hydrogens (tertiary/aromatic N) is 2. The molecule has 0 atom stereocenters. The van der Waals surface area contributed by atoms with Gasteiger partial charge in [0.25, 0.3) is 0 Å². The van der Waals surface area contributed by atoms with Crippen LogP contribution < -0.4 is 0 Å². The molecule has 0 aliphatic carbocycles. The first kappa shape index (κ1) is 29.8. The summed E-state index contributed by atoms with van der Waals surface area (Å²) in [6.07, 6.45) is 9.93. The predicted molar refractivity (Wildman–Crippen MR) is 146 cm³/mol. The number of rotatable bonds is 13. The van der Waals surface area contributed by atoms with Crippen molar-refractivity contribution < 1.29 is 24.6 Å². The molecule has 2 N–H and O–H groups in total. The molecule has 0 aliphatic rings. The van der Waals surface area contributed by atoms with Crippen LogP contribution in [0.3, 0.4) is 0 Å². The molecule has 2 heterocycles. The molecule has 1 aromatic carbocycles. The van der Waals surface area contributed by atoms with E-state index in [0.29, 0.717) is 0 Å². The molecule has 0 unspecified atom stereocenters. The van der Waals surface area contributed by atoms with E-state index in [1.807, 2.05) is 30.5 Å². The van der Waals surface area contributed by atoms with E-state index in [1.54, 1.807) is 0 Å². The third-order valence-corrected chi connectivity index (χ3v) is 6.39. The van der Waals surface area contributed by atoms with Gasteiger partial charge in [-0.25, -0.2) is 9.59 Å². The third-order valence-electron chi connectivity index (χ3n) is 6.39. The molecule has 0 bridgehead atoms. The Bertz CT molecular complexity index is 1140. The molecule has 7 nitrogen and oxygen atoms in total. The van der Waals surface area contributed by atoms with Gasteiger partial charge in [0, 0.05) is 17.3 Å². The number of fused-ring (bicyclic) bond motifs is 1. The lowest BCUT2D eigenvalue weighted by atomic mass is 10.00. The zero-order valence-electron chi connectivity index (χ0n) is 22.3. The zero-order chi connectivity index (χ0) is 27.2. The molecule has 7 heteroatoms. The van der Waals surface area contributed by atoms with E-state index in [9.17, 15) is 4.79 Å². The monoisotopic (exact) mass is 508 g/mol. The second-order valence-corrected chi connectivity index (χ2v) is 9.14. The molecule has 3 aromatic rings. The van der Waals surface area contributed by atoms with Gasteiger partial charge in [-0.1, -0.05) is 63.9 Å². The summed E-state index contributed by atoms with van der Waals surface area (Å²) in [6.45, 7) is 10.2. The molecule has 0 fully saturated rings. The molecule has 0 spiro atoms. The van der Waals surface area contributed by atoms with Gasteiger partial charge in [-0.15, -0.1) is 0 Å². The number of aromatic nitrogens is 1. The quantitative estimate of drug-likeness (QED) is 0.226. The molecule has 0 amide bonds. The third kappa shape index (κ3) is 9.17. The van der Waals surface area contributed by atoms with Crippen LogP contribution in [0.15, 0.2) is 54.7 Å². The summed E-state index contributed by atoms with van der Waals surface area (Å²) >= 11 is 0. The van der Waals surface area contributed by atoms with Crippen molar-refractivity contribution in [2.24, 2.45) is 0 Å². The van der Waals surface area contributed by atoms with Crippen molar-refractivity contribution in [3.8, 4) is 0 Å². The van der Waals surface area contributed by atoms with Gasteiger partial charge in [-0.3, -0.25) is 4.79 Å². The van der Waals surface area contributed by atoms with Crippen LogP contribution in [0.4, 0.5) is 0 Å². The van der Waals surface area contributed by atoms with Crippen molar-refractivity contribution in [2.75, 3.05) is 19.6 Å². The first-order valence-corrected chi connectivity index (χ1v) is 13.2.